The summed E-state index contributed by atoms with van der Waals surface area (Å²) in [6, 6.07) is 4.72. The minimum Gasteiger partial charge on any atom is -0.409 e. The Kier molecular flexibility index (Phi) is 4.57. The van der Waals surface area contributed by atoms with Crippen LogP contribution < -0.4 is 5.73 Å². The van der Waals surface area contributed by atoms with Gasteiger partial charge in [0.25, 0.3) is 0 Å². The number of benzene rings is 1. The monoisotopic (exact) mass is 287 g/mol. The molecule has 2 rings (SSSR count). The minimum atomic E-state index is -0.453. The standard InChI is InChI=1S/C12H15ClFN3O2/c13-11-8(2-1-3-9(11)14)6-17-4-5-19-10(7-17)12(15)16-18/h1-3,10,18H,4-7H2,(H2,15,16). The van der Waals surface area contributed by atoms with Crippen molar-refractivity contribution in [3.63, 3.8) is 0 Å². The molecule has 1 aromatic rings. The summed E-state index contributed by atoms with van der Waals surface area (Å²) in [5.41, 5.74) is 6.23. The van der Waals surface area contributed by atoms with Gasteiger partial charge in [0.05, 0.1) is 11.6 Å². The third kappa shape index (κ3) is 3.34. The summed E-state index contributed by atoms with van der Waals surface area (Å²) < 4.78 is 18.7. The molecule has 1 aromatic carbocycles. The van der Waals surface area contributed by atoms with E-state index in [0.717, 1.165) is 0 Å². The minimum absolute atomic E-state index is 0.0371. The number of hydrogen-bond acceptors (Lipinski definition) is 4. The molecule has 1 unspecified atom stereocenters. The van der Waals surface area contributed by atoms with Crippen molar-refractivity contribution >= 4 is 17.4 Å². The first-order valence-electron chi connectivity index (χ1n) is 5.86. The zero-order valence-corrected chi connectivity index (χ0v) is 11.0. The molecule has 1 aliphatic heterocycles. The predicted molar refractivity (Wildman–Crippen MR) is 69.8 cm³/mol. The number of nitrogens with zero attached hydrogens (tertiary/aromatic N) is 2. The second-order valence-electron chi connectivity index (χ2n) is 4.33. The molecule has 0 amide bonds. The Hall–Kier alpha value is -1.37. The molecule has 0 bridgehead atoms. The van der Waals surface area contributed by atoms with Gasteiger partial charge in [0.2, 0.25) is 0 Å². The highest BCUT2D eigenvalue weighted by Gasteiger charge is 2.24. The number of hydrogen-bond donors (Lipinski definition) is 2. The largest absolute Gasteiger partial charge is 0.409 e. The number of nitrogens with two attached hydrogens (primary N) is 1. The Morgan fingerprint density at radius 2 is 2.42 bits per heavy atom. The van der Waals surface area contributed by atoms with Gasteiger partial charge in [-0.05, 0) is 11.6 Å². The molecule has 1 aliphatic rings. The molecule has 7 heteroatoms. The molecule has 5 nitrogen and oxygen atoms in total. The number of amidine groups is 1. The van der Waals surface area contributed by atoms with Crippen LogP contribution in [0, 0.1) is 5.82 Å². The average molecular weight is 288 g/mol. The van der Waals surface area contributed by atoms with Crippen molar-refractivity contribution in [3.05, 3.63) is 34.6 Å². The van der Waals surface area contributed by atoms with Crippen LogP contribution in [0.3, 0.4) is 0 Å². The van der Waals surface area contributed by atoms with Gasteiger partial charge in [0.1, 0.15) is 11.9 Å². The molecule has 1 heterocycles. The lowest BCUT2D eigenvalue weighted by Gasteiger charge is -2.32. The molecule has 1 saturated heterocycles. The summed E-state index contributed by atoms with van der Waals surface area (Å²) in [5, 5.41) is 11.7. The number of morpholine rings is 1. The van der Waals surface area contributed by atoms with Crippen LogP contribution in [0.2, 0.25) is 5.02 Å². The Morgan fingerprint density at radius 1 is 1.63 bits per heavy atom. The molecule has 1 fully saturated rings. The van der Waals surface area contributed by atoms with E-state index < -0.39 is 11.9 Å². The molecule has 0 saturated carbocycles. The quantitative estimate of drug-likeness (QED) is 0.382. The third-order valence-corrected chi connectivity index (χ3v) is 3.44. The van der Waals surface area contributed by atoms with Crippen LogP contribution in [0.25, 0.3) is 0 Å². The van der Waals surface area contributed by atoms with E-state index in [2.05, 4.69) is 5.16 Å². The van der Waals surface area contributed by atoms with Crippen LogP contribution in [0.15, 0.2) is 23.4 Å². The van der Waals surface area contributed by atoms with Crippen LogP contribution in [-0.2, 0) is 11.3 Å². The summed E-state index contributed by atoms with van der Waals surface area (Å²) in [4.78, 5) is 2.02. The SMILES string of the molecule is N/C(=N/O)C1CN(Cc2cccc(F)c2Cl)CCO1. The van der Waals surface area contributed by atoms with E-state index in [1.54, 1.807) is 12.1 Å². The van der Waals surface area contributed by atoms with Gasteiger partial charge in [-0.1, -0.05) is 28.9 Å². The first-order valence-corrected chi connectivity index (χ1v) is 6.24. The molecule has 0 aromatic heterocycles. The Balaban J connectivity index is 2.05. The summed E-state index contributed by atoms with van der Waals surface area (Å²) in [5.74, 6) is -0.393. The van der Waals surface area contributed by atoms with Gasteiger partial charge in [-0.2, -0.15) is 0 Å². The maximum absolute atomic E-state index is 13.3. The second-order valence-corrected chi connectivity index (χ2v) is 4.71. The highest BCUT2D eigenvalue weighted by atomic mass is 35.5. The van der Waals surface area contributed by atoms with Gasteiger partial charge < -0.3 is 15.7 Å². The van der Waals surface area contributed by atoms with E-state index in [0.29, 0.717) is 31.8 Å². The fourth-order valence-corrected chi connectivity index (χ4v) is 2.19. The first kappa shape index (κ1) is 14.0. The number of rotatable bonds is 3. The second kappa shape index (κ2) is 6.18. The summed E-state index contributed by atoms with van der Waals surface area (Å²) >= 11 is 5.92. The van der Waals surface area contributed by atoms with Crippen molar-refractivity contribution < 1.29 is 14.3 Å². The van der Waals surface area contributed by atoms with Crippen LogP contribution in [-0.4, -0.2) is 41.7 Å². The van der Waals surface area contributed by atoms with Crippen LogP contribution in [0.1, 0.15) is 5.56 Å². The molecule has 3 N–H and O–H groups in total. The van der Waals surface area contributed by atoms with E-state index in [9.17, 15) is 4.39 Å². The van der Waals surface area contributed by atoms with E-state index in [-0.39, 0.29) is 10.9 Å². The molecule has 104 valence electrons. The van der Waals surface area contributed by atoms with Crippen molar-refractivity contribution in [1.29, 1.82) is 0 Å². The van der Waals surface area contributed by atoms with Gasteiger partial charge in [0, 0.05) is 19.6 Å². The fraction of sp³-hybridized carbons (Fsp3) is 0.417. The Labute approximate surface area is 115 Å². The molecule has 0 aliphatic carbocycles. The number of oxime groups is 1. The highest BCUT2D eigenvalue weighted by molar-refractivity contribution is 6.31. The molecular formula is C12H15ClFN3O2. The summed E-state index contributed by atoms with van der Waals surface area (Å²) in [6.45, 7) is 2.12. The Bertz CT molecular complexity index is 484. The van der Waals surface area contributed by atoms with Crippen LogP contribution in [0.4, 0.5) is 4.39 Å². The average Bonchev–Trinajstić information content (AvgIpc) is 2.43. The van der Waals surface area contributed by atoms with Crippen LogP contribution >= 0.6 is 11.6 Å². The Morgan fingerprint density at radius 3 is 3.16 bits per heavy atom. The zero-order valence-electron chi connectivity index (χ0n) is 10.2. The molecular weight excluding hydrogens is 273 g/mol. The summed E-state index contributed by atoms with van der Waals surface area (Å²) in [6.07, 6.45) is -0.453. The number of ether oxygens (including phenoxy) is 1. The smallest absolute Gasteiger partial charge is 0.169 e. The van der Waals surface area contributed by atoms with Gasteiger partial charge in [-0.3, -0.25) is 4.90 Å². The number of halogens is 2. The molecule has 0 radical (unpaired) electrons. The van der Waals surface area contributed by atoms with Gasteiger partial charge >= 0.3 is 0 Å². The van der Waals surface area contributed by atoms with Gasteiger partial charge in [-0.15, -0.1) is 0 Å². The van der Waals surface area contributed by atoms with E-state index >= 15 is 0 Å². The van der Waals surface area contributed by atoms with Crippen molar-refractivity contribution in [2.75, 3.05) is 19.7 Å². The van der Waals surface area contributed by atoms with E-state index in [4.69, 9.17) is 27.3 Å². The van der Waals surface area contributed by atoms with Gasteiger partial charge in [-0.25, -0.2) is 4.39 Å². The lowest BCUT2D eigenvalue weighted by Crippen LogP contribution is -2.48. The van der Waals surface area contributed by atoms with Gasteiger partial charge in [0.15, 0.2) is 5.84 Å². The van der Waals surface area contributed by atoms with Crippen LogP contribution in [0.5, 0.6) is 0 Å². The lowest BCUT2D eigenvalue weighted by molar-refractivity contribution is 0.00140. The maximum Gasteiger partial charge on any atom is 0.169 e. The highest BCUT2D eigenvalue weighted by Crippen LogP contribution is 2.22. The van der Waals surface area contributed by atoms with E-state index in [1.807, 2.05) is 4.90 Å². The molecule has 19 heavy (non-hydrogen) atoms. The summed E-state index contributed by atoms with van der Waals surface area (Å²) in [7, 11) is 0. The lowest BCUT2D eigenvalue weighted by atomic mass is 10.1. The molecule has 0 spiro atoms. The molecule has 1 atom stereocenters. The van der Waals surface area contributed by atoms with Crippen molar-refractivity contribution in [3.8, 4) is 0 Å². The fourth-order valence-electron chi connectivity index (χ4n) is 2.00. The maximum atomic E-state index is 13.3. The van der Waals surface area contributed by atoms with Crippen molar-refractivity contribution in [2.24, 2.45) is 10.9 Å². The topological polar surface area (TPSA) is 71.1 Å². The zero-order chi connectivity index (χ0) is 13.8. The third-order valence-electron chi connectivity index (χ3n) is 3.02. The van der Waals surface area contributed by atoms with Crippen molar-refractivity contribution in [2.45, 2.75) is 12.6 Å². The normalized spacial score (nSPS) is 21.6. The van der Waals surface area contributed by atoms with E-state index in [1.165, 1.54) is 6.07 Å². The predicted octanol–water partition coefficient (Wildman–Crippen LogP) is 1.43. The first-order chi connectivity index (χ1) is 9.11. The van der Waals surface area contributed by atoms with Crippen molar-refractivity contribution in [1.82, 2.24) is 4.90 Å².